The van der Waals surface area contributed by atoms with Gasteiger partial charge in [0.2, 0.25) is 6.79 Å². The van der Waals surface area contributed by atoms with Crippen molar-refractivity contribution in [3.8, 4) is 11.5 Å². The van der Waals surface area contributed by atoms with Crippen LogP contribution in [0.1, 0.15) is 23.1 Å². The molecule has 2 aliphatic rings. The number of morpholine rings is 1. The van der Waals surface area contributed by atoms with E-state index < -0.39 is 0 Å². The summed E-state index contributed by atoms with van der Waals surface area (Å²) in [5.74, 6) is 3.63. The number of benzene rings is 1. The van der Waals surface area contributed by atoms with Crippen LogP contribution in [0, 0.1) is 6.92 Å². The van der Waals surface area contributed by atoms with Gasteiger partial charge in [0.25, 0.3) is 0 Å². The number of ether oxygens (including phenoxy) is 3. The van der Waals surface area contributed by atoms with Gasteiger partial charge in [0.05, 0.1) is 19.3 Å². The van der Waals surface area contributed by atoms with Crippen molar-refractivity contribution < 1.29 is 18.6 Å². The molecular formula is C19H24N2O4. The smallest absolute Gasteiger partial charge is 0.231 e. The molecule has 4 rings (SSSR count). The fourth-order valence-corrected chi connectivity index (χ4v) is 3.40. The van der Waals surface area contributed by atoms with Gasteiger partial charge >= 0.3 is 0 Å². The molecule has 0 aliphatic carbocycles. The average molecular weight is 344 g/mol. The highest BCUT2D eigenvalue weighted by Gasteiger charge is 2.25. The molecule has 6 heteroatoms. The van der Waals surface area contributed by atoms with Gasteiger partial charge in [0.1, 0.15) is 11.5 Å². The maximum atomic E-state index is 5.91. The summed E-state index contributed by atoms with van der Waals surface area (Å²) in [6.45, 7) is 7.20. The summed E-state index contributed by atoms with van der Waals surface area (Å²) in [5, 5.41) is 3.56. The van der Waals surface area contributed by atoms with Gasteiger partial charge in [-0.25, -0.2) is 0 Å². The highest BCUT2D eigenvalue weighted by Crippen LogP contribution is 2.35. The molecule has 0 saturated carbocycles. The fourth-order valence-electron chi connectivity index (χ4n) is 3.40. The molecule has 1 atom stereocenters. The number of fused-ring (bicyclic) bond motifs is 1. The number of nitrogens with one attached hydrogen (secondary N) is 1. The molecule has 0 bridgehead atoms. The SMILES string of the molecule is Cc1ccc([C@H](CNCc2cccc3c2OCO3)N2CCOCC2)o1. The predicted molar refractivity (Wildman–Crippen MR) is 92.8 cm³/mol. The summed E-state index contributed by atoms with van der Waals surface area (Å²) in [7, 11) is 0. The van der Waals surface area contributed by atoms with Crippen LogP contribution in [-0.2, 0) is 11.3 Å². The van der Waals surface area contributed by atoms with Crippen LogP contribution in [0.15, 0.2) is 34.7 Å². The van der Waals surface area contributed by atoms with Crippen molar-refractivity contribution in [2.45, 2.75) is 19.5 Å². The Kier molecular flexibility index (Phi) is 4.92. The van der Waals surface area contributed by atoms with E-state index in [0.717, 1.165) is 68.0 Å². The van der Waals surface area contributed by atoms with Gasteiger partial charge in [0.15, 0.2) is 11.5 Å². The van der Waals surface area contributed by atoms with Crippen LogP contribution in [0.25, 0.3) is 0 Å². The van der Waals surface area contributed by atoms with Gasteiger partial charge in [-0.1, -0.05) is 12.1 Å². The molecule has 25 heavy (non-hydrogen) atoms. The summed E-state index contributed by atoms with van der Waals surface area (Å²) < 4.78 is 22.4. The molecular weight excluding hydrogens is 320 g/mol. The van der Waals surface area contributed by atoms with E-state index in [9.17, 15) is 0 Å². The second-order valence-electron chi connectivity index (χ2n) is 6.39. The predicted octanol–water partition coefficient (Wildman–Crippen LogP) is 2.48. The number of furan rings is 1. The van der Waals surface area contributed by atoms with Crippen LogP contribution in [0.5, 0.6) is 11.5 Å². The summed E-state index contributed by atoms with van der Waals surface area (Å²) in [4.78, 5) is 2.42. The number of rotatable bonds is 6. The number of hydrogen-bond donors (Lipinski definition) is 1. The maximum Gasteiger partial charge on any atom is 0.231 e. The van der Waals surface area contributed by atoms with Crippen molar-refractivity contribution in [2.75, 3.05) is 39.6 Å². The minimum atomic E-state index is 0.200. The molecule has 0 unspecified atom stereocenters. The average Bonchev–Trinajstić information content (AvgIpc) is 3.29. The van der Waals surface area contributed by atoms with E-state index in [1.807, 2.05) is 25.1 Å². The van der Waals surface area contributed by atoms with Crippen LogP contribution in [0.3, 0.4) is 0 Å². The van der Waals surface area contributed by atoms with Crippen LogP contribution >= 0.6 is 0 Å². The van der Waals surface area contributed by atoms with Crippen molar-refractivity contribution >= 4 is 0 Å². The zero-order valence-electron chi connectivity index (χ0n) is 14.5. The molecule has 0 amide bonds. The Morgan fingerprint density at radius 2 is 2.00 bits per heavy atom. The molecule has 0 radical (unpaired) electrons. The summed E-state index contributed by atoms with van der Waals surface area (Å²) in [6, 6.07) is 10.3. The van der Waals surface area contributed by atoms with Crippen molar-refractivity contribution in [3.05, 3.63) is 47.4 Å². The molecule has 1 aromatic heterocycles. The Bertz CT molecular complexity index is 709. The van der Waals surface area contributed by atoms with Crippen molar-refractivity contribution in [2.24, 2.45) is 0 Å². The van der Waals surface area contributed by atoms with Crippen LogP contribution in [-0.4, -0.2) is 44.5 Å². The monoisotopic (exact) mass is 344 g/mol. The molecule has 1 fully saturated rings. The first-order valence-electron chi connectivity index (χ1n) is 8.77. The van der Waals surface area contributed by atoms with Gasteiger partial charge in [-0.05, 0) is 25.1 Å². The van der Waals surface area contributed by atoms with Gasteiger partial charge < -0.3 is 23.9 Å². The molecule has 2 aromatic rings. The van der Waals surface area contributed by atoms with E-state index in [0.29, 0.717) is 6.79 Å². The Morgan fingerprint density at radius 3 is 2.80 bits per heavy atom. The fraction of sp³-hybridized carbons (Fsp3) is 0.474. The molecule has 6 nitrogen and oxygen atoms in total. The zero-order valence-corrected chi connectivity index (χ0v) is 14.5. The minimum Gasteiger partial charge on any atom is -0.465 e. The first-order chi connectivity index (χ1) is 12.3. The highest BCUT2D eigenvalue weighted by molar-refractivity contribution is 5.48. The number of aryl methyl sites for hydroxylation is 1. The Labute approximate surface area is 147 Å². The number of hydrogen-bond acceptors (Lipinski definition) is 6. The molecule has 0 spiro atoms. The molecule has 3 heterocycles. The summed E-state index contributed by atoms with van der Waals surface area (Å²) >= 11 is 0. The molecule has 1 saturated heterocycles. The standard InChI is InChI=1S/C19H24N2O4/c1-14-5-6-17(25-14)16(21-7-9-22-10-8-21)12-20-11-15-3-2-4-18-19(15)24-13-23-18/h2-6,16,20H,7-13H2,1H3/t16-/m0/s1. The second kappa shape index (κ2) is 7.47. The summed E-state index contributed by atoms with van der Waals surface area (Å²) in [5.41, 5.74) is 1.12. The topological polar surface area (TPSA) is 56.1 Å². The van der Waals surface area contributed by atoms with E-state index in [1.165, 1.54) is 0 Å². The van der Waals surface area contributed by atoms with Crippen molar-refractivity contribution in [1.82, 2.24) is 10.2 Å². The van der Waals surface area contributed by atoms with Crippen molar-refractivity contribution in [3.63, 3.8) is 0 Å². The third-order valence-electron chi connectivity index (χ3n) is 4.71. The van der Waals surface area contributed by atoms with Crippen LogP contribution < -0.4 is 14.8 Å². The Balaban J connectivity index is 1.43. The first kappa shape index (κ1) is 16.4. The van der Waals surface area contributed by atoms with E-state index in [2.05, 4.69) is 22.3 Å². The lowest BCUT2D eigenvalue weighted by molar-refractivity contribution is 0.0115. The second-order valence-corrected chi connectivity index (χ2v) is 6.39. The number of nitrogens with zero attached hydrogens (tertiary/aromatic N) is 1. The minimum absolute atomic E-state index is 0.200. The lowest BCUT2D eigenvalue weighted by Crippen LogP contribution is -2.42. The maximum absolute atomic E-state index is 5.91. The molecule has 134 valence electrons. The largest absolute Gasteiger partial charge is 0.465 e. The van der Waals surface area contributed by atoms with E-state index in [4.69, 9.17) is 18.6 Å². The molecule has 1 aromatic carbocycles. The van der Waals surface area contributed by atoms with E-state index in [1.54, 1.807) is 0 Å². The summed E-state index contributed by atoms with van der Waals surface area (Å²) in [6.07, 6.45) is 0. The number of para-hydroxylation sites is 1. The normalized spacial score (nSPS) is 18.4. The van der Waals surface area contributed by atoms with Gasteiger partial charge in [-0.15, -0.1) is 0 Å². The Morgan fingerprint density at radius 1 is 1.12 bits per heavy atom. The zero-order chi connectivity index (χ0) is 17.1. The Hall–Kier alpha value is -2.02. The van der Waals surface area contributed by atoms with Crippen LogP contribution in [0.2, 0.25) is 0 Å². The van der Waals surface area contributed by atoms with Crippen LogP contribution in [0.4, 0.5) is 0 Å². The first-order valence-corrected chi connectivity index (χ1v) is 8.77. The lowest BCUT2D eigenvalue weighted by atomic mass is 10.1. The highest BCUT2D eigenvalue weighted by atomic mass is 16.7. The lowest BCUT2D eigenvalue weighted by Gasteiger charge is -2.33. The van der Waals surface area contributed by atoms with E-state index in [-0.39, 0.29) is 6.04 Å². The van der Waals surface area contributed by atoms with Crippen molar-refractivity contribution in [1.29, 1.82) is 0 Å². The van der Waals surface area contributed by atoms with Gasteiger partial charge in [0, 0.05) is 31.7 Å². The quantitative estimate of drug-likeness (QED) is 0.869. The molecule has 2 aliphatic heterocycles. The van der Waals surface area contributed by atoms with Gasteiger partial charge in [-0.2, -0.15) is 0 Å². The van der Waals surface area contributed by atoms with Gasteiger partial charge in [-0.3, -0.25) is 4.90 Å². The molecule has 1 N–H and O–H groups in total. The third-order valence-corrected chi connectivity index (χ3v) is 4.71. The third kappa shape index (κ3) is 3.66. The van der Waals surface area contributed by atoms with E-state index >= 15 is 0 Å².